The van der Waals surface area contributed by atoms with Gasteiger partial charge >= 0.3 is 5.97 Å². The molecule has 0 atom stereocenters. The van der Waals surface area contributed by atoms with Crippen LogP contribution in [-0.2, 0) is 11.3 Å². The molecule has 0 spiro atoms. The fourth-order valence-corrected chi connectivity index (χ4v) is 3.32. The number of benzene rings is 1. The number of carbonyl (C=O) groups excluding carboxylic acids is 1. The van der Waals surface area contributed by atoms with E-state index in [0.717, 1.165) is 31.7 Å². The number of ether oxygens (including phenoxy) is 1. The number of aromatic hydroxyl groups is 1. The molecule has 1 saturated heterocycles. The molecule has 2 aromatic rings. The summed E-state index contributed by atoms with van der Waals surface area (Å²) in [6.45, 7) is 10.5. The standard InChI is InChI=1S/C20H28N2O4/c1-13(2)12-25-20(24)18-14(3)26-17-6-5-16(23)15(19(17)18)11-22-9-7-21(4)8-10-22/h5-6,13,23H,7-12H2,1-4H3. The van der Waals surface area contributed by atoms with E-state index in [4.69, 9.17) is 9.15 Å². The fraction of sp³-hybridized carbons (Fsp3) is 0.550. The van der Waals surface area contributed by atoms with E-state index in [2.05, 4.69) is 16.8 Å². The van der Waals surface area contributed by atoms with Crippen molar-refractivity contribution in [1.82, 2.24) is 9.80 Å². The van der Waals surface area contributed by atoms with Gasteiger partial charge in [-0.1, -0.05) is 13.8 Å². The van der Waals surface area contributed by atoms with Gasteiger partial charge in [-0.05, 0) is 32.0 Å². The molecule has 1 aliphatic heterocycles. The van der Waals surface area contributed by atoms with Gasteiger partial charge in [0.1, 0.15) is 22.7 Å². The van der Waals surface area contributed by atoms with Crippen LogP contribution < -0.4 is 0 Å². The minimum atomic E-state index is -0.389. The van der Waals surface area contributed by atoms with E-state index < -0.39 is 0 Å². The van der Waals surface area contributed by atoms with Crippen molar-refractivity contribution in [2.24, 2.45) is 5.92 Å². The number of esters is 1. The van der Waals surface area contributed by atoms with Gasteiger partial charge in [0.05, 0.1) is 6.61 Å². The van der Waals surface area contributed by atoms with E-state index in [9.17, 15) is 9.90 Å². The minimum absolute atomic E-state index is 0.190. The number of hydrogen-bond acceptors (Lipinski definition) is 6. The Morgan fingerprint density at radius 1 is 1.27 bits per heavy atom. The average molecular weight is 360 g/mol. The zero-order valence-electron chi connectivity index (χ0n) is 16.0. The molecule has 0 amide bonds. The lowest BCUT2D eigenvalue weighted by atomic mass is 10.0. The number of aryl methyl sites for hydroxylation is 1. The van der Waals surface area contributed by atoms with Crippen LogP contribution >= 0.6 is 0 Å². The summed E-state index contributed by atoms with van der Waals surface area (Å²) in [5.41, 5.74) is 1.78. The van der Waals surface area contributed by atoms with Gasteiger partial charge in [-0.15, -0.1) is 0 Å². The Morgan fingerprint density at radius 3 is 2.62 bits per heavy atom. The molecule has 0 unspecified atom stereocenters. The summed E-state index contributed by atoms with van der Waals surface area (Å²) in [5, 5.41) is 11.2. The Balaban J connectivity index is 1.96. The van der Waals surface area contributed by atoms with E-state index in [1.807, 2.05) is 13.8 Å². The first-order chi connectivity index (χ1) is 12.4. The first kappa shape index (κ1) is 18.7. The SMILES string of the molecule is Cc1oc2ccc(O)c(CN3CCN(C)CC3)c2c1C(=O)OCC(C)C. The maximum absolute atomic E-state index is 12.7. The van der Waals surface area contributed by atoms with Crippen molar-refractivity contribution in [2.75, 3.05) is 39.8 Å². The number of phenols is 1. The molecule has 1 aromatic carbocycles. The van der Waals surface area contributed by atoms with Crippen LogP contribution in [0, 0.1) is 12.8 Å². The summed E-state index contributed by atoms with van der Waals surface area (Å²) >= 11 is 0. The van der Waals surface area contributed by atoms with Gasteiger partial charge in [0.2, 0.25) is 0 Å². The molecule has 142 valence electrons. The van der Waals surface area contributed by atoms with Crippen LogP contribution in [-0.4, -0.2) is 60.7 Å². The van der Waals surface area contributed by atoms with E-state index in [0.29, 0.717) is 35.4 Å². The lowest BCUT2D eigenvalue weighted by molar-refractivity contribution is 0.0459. The van der Waals surface area contributed by atoms with Gasteiger partial charge in [-0.2, -0.15) is 0 Å². The number of carbonyl (C=O) groups is 1. The van der Waals surface area contributed by atoms with Crippen LogP contribution in [0.4, 0.5) is 0 Å². The number of phenolic OH excluding ortho intramolecular Hbond substituents is 1. The molecule has 3 rings (SSSR count). The van der Waals surface area contributed by atoms with Crippen molar-refractivity contribution in [2.45, 2.75) is 27.3 Å². The molecule has 1 N–H and O–H groups in total. The summed E-state index contributed by atoms with van der Waals surface area (Å²) in [7, 11) is 2.11. The first-order valence-corrected chi connectivity index (χ1v) is 9.18. The zero-order chi connectivity index (χ0) is 18.8. The molecule has 26 heavy (non-hydrogen) atoms. The molecule has 6 nitrogen and oxygen atoms in total. The summed E-state index contributed by atoms with van der Waals surface area (Å²) in [4.78, 5) is 17.2. The molecule has 0 aliphatic carbocycles. The highest BCUT2D eigenvalue weighted by molar-refractivity contribution is 6.06. The van der Waals surface area contributed by atoms with Gasteiger partial charge in [0.15, 0.2) is 0 Å². The molecule has 2 heterocycles. The van der Waals surface area contributed by atoms with Crippen molar-refractivity contribution in [3.05, 3.63) is 29.0 Å². The number of nitrogens with zero attached hydrogens (tertiary/aromatic N) is 2. The third kappa shape index (κ3) is 3.86. The second-order valence-corrected chi connectivity index (χ2v) is 7.54. The van der Waals surface area contributed by atoms with Crippen LogP contribution in [0.15, 0.2) is 16.5 Å². The van der Waals surface area contributed by atoms with Gasteiger partial charge in [0, 0.05) is 43.7 Å². The number of fused-ring (bicyclic) bond motifs is 1. The topological polar surface area (TPSA) is 66.2 Å². The monoisotopic (exact) mass is 360 g/mol. The zero-order valence-corrected chi connectivity index (χ0v) is 16.0. The van der Waals surface area contributed by atoms with Crippen LogP contribution in [0.3, 0.4) is 0 Å². The molecule has 6 heteroatoms. The molecule has 1 aromatic heterocycles. The lowest BCUT2D eigenvalue weighted by Gasteiger charge is -2.32. The maximum Gasteiger partial charge on any atom is 0.342 e. The molecular weight excluding hydrogens is 332 g/mol. The highest BCUT2D eigenvalue weighted by Crippen LogP contribution is 2.35. The maximum atomic E-state index is 12.7. The number of piperazine rings is 1. The third-order valence-corrected chi connectivity index (χ3v) is 4.84. The summed E-state index contributed by atoms with van der Waals surface area (Å²) < 4.78 is 11.2. The second-order valence-electron chi connectivity index (χ2n) is 7.54. The predicted octanol–water partition coefficient (Wildman–Crippen LogP) is 3.01. The second kappa shape index (κ2) is 7.68. The Morgan fingerprint density at radius 2 is 1.96 bits per heavy atom. The summed E-state index contributed by atoms with van der Waals surface area (Å²) in [5.74, 6) is 0.588. The van der Waals surface area contributed by atoms with E-state index in [-0.39, 0.29) is 17.6 Å². The van der Waals surface area contributed by atoms with Crippen LogP contribution in [0.5, 0.6) is 5.75 Å². The Hall–Kier alpha value is -2.05. The highest BCUT2D eigenvalue weighted by Gasteiger charge is 2.25. The van der Waals surface area contributed by atoms with Crippen LogP contribution in [0.1, 0.15) is 35.5 Å². The largest absolute Gasteiger partial charge is 0.508 e. The fourth-order valence-electron chi connectivity index (χ4n) is 3.32. The van der Waals surface area contributed by atoms with Gasteiger partial charge in [-0.25, -0.2) is 4.79 Å². The van der Waals surface area contributed by atoms with Gasteiger partial charge in [-0.3, -0.25) is 4.90 Å². The summed E-state index contributed by atoms with van der Waals surface area (Å²) in [6.07, 6.45) is 0. The van der Waals surface area contributed by atoms with Crippen molar-refractivity contribution in [3.63, 3.8) is 0 Å². The Kier molecular flexibility index (Phi) is 5.53. The number of hydrogen-bond donors (Lipinski definition) is 1. The Labute approximate surface area is 154 Å². The van der Waals surface area contributed by atoms with Crippen molar-refractivity contribution >= 4 is 16.9 Å². The molecule has 0 saturated carbocycles. The molecule has 0 radical (unpaired) electrons. The quantitative estimate of drug-likeness (QED) is 0.827. The Bertz CT molecular complexity index is 789. The number of furan rings is 1. The van der Waals surface area contributed by atoms with Crippen molar-refractivity contribution in [3.8, 4) is 5.75 Å². The molecule has 1 fully saturated rings. The van der Waals surface area contributed by atoms with E-state index in [1.54, 1.807) is 19.1 Å². The van der Waals surface area contributed by atoms with Gasteiger partial charge < -0.3 is 19.2 Å². The molecular formula is C20H28N2O4. The average Bonchev–Trinajstić information content (AvgIpc) is 2.93. The van der Waals surface area contributed by atoms with E-state index in [1.165, 1.54) is 0 Å². The van der Waals surface area contributed by atoms with Gasteiger partial charge in [0.25, 0.3) is 0 Å². The molecule has 1 aliphatic rings. The highest BCUT2D eigenvalue weighted by atomic mass is 16.5. The minimum Gasteiger partial charge on any atom is -0.508 e. The number of likely N-dealkylation sites (N-methyl/N-ethyl adjacent to an activating group) is 1. The number of rotatable bonds is 5. The van der Waals surface area contributed by atoms with Crippen LogP contribution in [0.2, 0.25) is 0 Å². The van der Waals surface area contributed by atoms with Crippen molar-refractivity contribution in [1.29, 1.82) is 0 Å². The third-order valence-electron chi connectivity index (χ3n) is 4.84. The van der Waals surface area contributed by atoms with E-state index >= 15 is 0 Å². The lowest BCUT2D eigenvalue weighted by Crippen LogP contribution is -2.43. The summed E-state index contributed by atoms with van der Waals surface area (Å²) in [6, 6.07) is 3.35. The predicted molar refractivity (Wildman–Crippen MR) is 101 cm³/mol. The smallest absolute Gasteiger partial charge is 0.342 e. The first-order valence-electron chi connectivity index (χ1n) is 9.18. The molecule has 0 bridgehead atoms. The van der Waals surface area contributed by atoms with Crippen LogP contribution in [0.25, 0.3) is 11.0 Å². The normalized spacial score (nSPS) is 16.5. The van der Waals surface area contributed by atoms with Crippen molar-refractivity contribution < 1.29 is 19.1 Å².